The molecular formula is C12H17BrClN. The van der Waals surface area contributed by atoms with Crippen LogP contribution in [0.3, 0.4) is 0 Å². The molecule has 0 aromatic heterocycles. The number of halogens is 2. The second-order valence-corrected chi connectivity index (χ2v) is 5.17. The lowest BCUT2D eigenvalue weighted by atomic mass is 10.1. The second kappa shape index (κ2) is 6.39. The van der Waals surface area contributed by atoms with E-state index >= 15 is 0 Å². The van der Waals surface area contributed by atoms with Gasteiger partial charge in [0.15, 0.2) is 0 Å². The van der Waals surface area contributed by atoms with E-state index in [1.807, 2.05) is 18.2 Å². The predicted molar refractivity (Wildman–Crippen MR) is 71.7 cm³/mol. The third-order valence-electron chi connectivity index (χ3n) is 2.36. The van der Waals surface area contributed by atoms with Gasteiger partial charge in [-0.25, -0.2) is 0 Å². The summed E-state index contributed by atoms with van der Waals surface area (Å²) in [4.78, 5) is 0. The number of nitrogens with one attached hydrogen (secondary N) is 1. The highest BCUT2D eigenvalue weighted by atomic mass is 79.9. The summed E-state index contributed by atoms with van der Waals surface area (Å²) in [6, 6.07) is 5.95. The van der Waals surface area contributed by atoms with Crippen molar-refractivity contribution in [3.63, 3.8) is 0 Å². The molecule has 0 radical (unpaired) electrons. The van der Waals surface area contributed by atoms with Crippen molar-refractivity contribution < 1.29 is 0 Å². The molecule has 0 heterocycles. The predicted octanol–water partition coefficient (Wildman–Crippen LogP) is 4.95. The van der Waals surface area contributed by atoms with Gasteiger partial charge < -0.3 is 5.32 Å². The standard InChI is InChI=1S/C12H17BrClN/c1-3-4-9(2)8-15-10-5-6-11(13)12(14)7-10/h5-7,9,15H,3-4,8H2,1-2H3. The molecule has 0 aliphatic carbocycles. The first-order valence-electron chi connectivity index (χ1n) is 5.32. The molecule has 0 spiro atoms. The zero-order valence-electron chi connectivity index (χ0n) is 9.19. The lowest BCUT2D eigenvalue weighted by Gasteiger charge is -2.12. The highest BCUT2D eigenvalue weighted by Gasteiger charge is 2.02. The molecule has 15 heavy (non-hydrogen) atoms. The fourth-order valence-electron chi connectivity index (χ4n) is 1.49. The van der Waals surface area contributed by atoms with Gasteiger partial charge in [-0.1, -0.05) is 31.9 Å². The molecule has 1 N–H and O–H groups in total. The van der Waals surface area contributed by atoms with Gasteiger partial charge in [-0.3, -0.25) is 0 Å². The minimum Gasteiger partial charge on any atom is -0.385 e. The van der Waals surface area contributed by atoms with Crippen molar-refractivity contribution in [1.82, 2.24) is 0 Å². The maximum Gasteiger partial charge on any atom is 0.0568 e. The van der Waals surface area contributed by atoms with Crippen LogP contribution >= 0.6 is 27.5 Å². The topological polar surface area (TPSA) is 12.0 Å². The second-order valence-electron chi connectivity index (χ2n) is 3.90. The summed E-state index contributed by atoms with van der Waals surface area (Å²) < 4.78 is 0.941. The Morgan fingerprint density at radius 1 is 1.47 bits per heavy atom. The number of benzene rings is 1. The number of rotatable bonds is 5. The number of hydrogen-bond acceptors (Lipinski definition) is 1. The molecule has 0 bridgehead atoms. The van der Waals surface area contributed by atoms with E-state index in [9.17, 15) is 0 Å². The van der Waals surface area contributed by atoms with Crippen LogP contribution in [0.25, 0.3) is 0 Å². The van der Waals surface area contributed by atoms with Gasteiger partial charge >= 0.3 is 0 Å². The Labute approximate surface area is 105 Å². The van der Waals surface area contributed by atoms with Crippen LogP contribution in [-0.4, -0.2) is 6.54 Å². The van der Waals surface area contributed by atoms with Crippen LogP contribution in [0.2, 0.25) is 5.02 Å². The van der Waals surface area contributed by atoms with Crippen LogP contribution in [-0.2, 0) is 0 Å². The summed E-state index contributed by atoms with van der Waals surface area (Å²) in [7, 11) is 0. The Morgan fingerprint density at radius 3 is 2.80 bits per heavy atom. The van der Waals surface area contributed by atoms with Gasteiger partial charge in [-0.05, 0) is 46.5 Å². The van der Waals surface area contributed by atoms with Crippen LogP contribution < -0.4 is 5.32 Å². The van der Waals surface area contributed by atoms with Gasteiger partial charge in [0.25, 0.3) is 0 Å². The first-order valence-corrected chi connectivity index (χ1v) is 6.49. The van der Waals surface area contributed by atoms with E-state index in [0.717, 1.165) is 21.7 Å². The van der Waals surface area contributed by atoms with E-state index in [-0.39, 0.29) is 0 Å². The van der Waals surface area contributed by atoms with Crippen LogP contribution in [0.1, 0.15) is 26.7 Å². The number of hydrogen-bond donors (Lipinski definition) is 1. The van der Waals surface area contributed by atoms with Crippen molar-refractivity contribution in [2.75, 3.05) is 11.9 Å². The Kier molecular flexibility index (Phi) is 5.48. The summed E-state index contributed by atoms with van der Waals surface area (Å²) in [5.41, 5.74) is 1.09. The normalized spacial score (nSPS) is 12.5. The van der Waals surface area contributed by atoms with Gasteiger partial charge in [0.05, 0.1) is 5.02 Å². The zero-order chi connectivity index (χ0) is 11.3. The van der Waals surface area contributed by atoms with Crippen molar-refractivity contribution in [1.29, 1.82) is 0 Å². The largest absolute Gasteiger partial charge is 0.385 e. The van der Waals surface area contributed by atoms with E-state index in [2.05, 4.69) is 35.1 Å². The Balaban J connectivity index is 2.47. The summed E-state index contributed by atoms with van der Waals surface area (Å²) in [5.74, 6) is 0.706. The van der Waals surface area contributed by atoms with Crippen molar-refractivity contribution >= 4 is 33.2 Å². The van der Waals surface area contributed by atoms with Gasteiger partial charge in [0, 0.05) is 16.7 Å². The van der Waals surface area contributed by atoms with Gasteiger partial charge in [-0.15, -0.1) is 0 Å². The van der Waals surface area contributed by atoms with Crippen molar-refractivity contribution in [3.8, 4) is 0 Å². The highest BCUT2D eigenvalue weighted by Crippen LogP contribution is 2.25. The van der Waals surface area contributed by atoms with Crippen LogP contribution in [0.15, 0.2) is 22.7 Å². The Morgan fingerprint density at radius 2 is 2.20 bits per heavy atom. The fraction of sp³-hybridized carbons (Fsp3) is 0.500. The molecule has 0 saturated heterocycles. The van der Waals surface area contributed by atoms with Crippen LogP contribution in [0.4, 0.5) is 5.69 Å². The molecular weight excluding hydrogens is 273 g/mol. The van der Waals surface area contributed by atoms with E-state index in [4.69, 9.17) is 11.6 Å². The van der Waals surface area contributed by atoms with Crippen molar-refractivity contribution in [2.45, 2.75) is 26.7 Å². The lowest BCUT2D eigenvalue weighted by molar-refractivity contribution is 0.551. The maximum atomic E-state index is 6.00. The van der Waals surface area contributed by atoms with E-state index in [0.29, 0.717) is 5.92 Å². The van der Waals surface area contributed by atoms with Crippen LogP contribution in [0, 0.1) is 5.92 Å². The summed E-state index contributed by atoms with van der Waals surface area (Å²) in [6.45, 7) is 5.48. The summed E-state index contributed by atoms with van der Waals surface area (Å²) in [6.07, 6.45) is 2.50. The molecule has 1 aromatic rings. The Bertz CT molecular complexity index is 314. The monoisotopic (exact) mass is 289 g/mol. The Hall–Kier alpha value is -0.210. The lowest BCUT2D eigenvalue weighted by Crippen LogP contribution is -2.10. The molecule has 0 aliphatic rings. The first-order chi connectivity index (χ1) is 7.13. The van der Waals surface area contributed by atoms with Crippen molar-refractivity contribution in [2.24, 2.45) is 5.92 Å². The smallest absolute Gasteiger partial charge is 0.0568 e. The molecule has 1 atom stereocenters. The van der Waals surface area contributed by atoms with Gasteiger partial charge in [-0.2, -0.15) is 0 Å². The van der Waals surface area contributed by atoms with Gasteiger partial charge in [0.1, 0.15) is 0 Å². The quantitative estimate of drug-likeness (QED) is 0.809. The first kappa shape index (κ1) is 12.9. The van der Waals surface area contributed by atoms with Gasteiger partial charge in [0.2, 0.25) is 0 Å². The average Bonchev–Trinajstić information content (AvgIpc) is 2.20. The highest BCUT2D eigenvalue weighted by molar-refractivity contribution is 9.10. The molecule has 1 unspecified atom stereocenters. The molecule has 1 nitrogen and oxygen atoms in total. The third-order valence-corrected chi connectivity index (χ3v) is 3.59. The molecule has 0 fully saturated rings. The molecule has 84 valence electrons. The summed E-state index contributed by atoms with van der Waals surface area (Å²) in [5, 5.41) is 4.14. The van der Waals surface area contributed by atoms with E-state index < -0.39 is 0 Å². The molecule has 0 amide bonds. The molecule has 1 aromatic carbocycles. The van der Waals surface area contributed by atoms with E-state index in [1.54, 1.807) is 0 Å². The molecule has 0 aliphatic heterocycles. The minimum atomic E-state index is 0.706. The third kappa shape index (κ3) is 4.43. The van der Waals surface area contributed by atoms with Crippen LogP contribution in [0.5, 0.6) is 0 Å². The summed E-state index contributed by atoms with van der Waals surface area (Å²) >= 11 is 9.38. The zero-order valence-corrected chi connectivity index (χ0v) is 11.5. The SMILES string of the molecule is CCCC(C)CNc1ccc(Br)c(Cl)c1. The van der Waals surface area contributed by atoms with E-state index in [1.165, 1.54) is 12.8 Å². The fourth-order valence-corrected chi connectivity index (χ4v) is 1.92. The number of anilines is 1. The minimum absolute atomic E-state index is 0.706. The molecule has 3 heteroatoms. The molecule has 1 rings (SSSR count). The maximum absolute atomic E-state index is 6.00. The van der Waals surface area contributed by atoms with Crippen molar-refractivity contribution in [3.05, 3.63) is 27.7 Å². The average molecular weight is 291 g/mol. The molecule has 0 saturated carbocycles.